The lowest BCUT2D eigenvalue weighted by Crippen LogP contribution is -2.25. The number of hydrogen-bond donors (Lipinski definition) is 0. The Balaban J connectivity index is 2.30. The molecule has 0 saturated carbocycles. The zero-order chi connectivity index (χ0) is 15.0. The zero-order valence-corrected chi connectivity index (χ0v) is 13.7. The number of aryl methyl sites for hydroxylation is 1. The van der Waals surface area contributed by atoms with E-state index in [4.69, 9.17) is 9.47 Å². The van der Waals surface area contributed by atoms with E-state index >= 15 is 0 Å². The van der Waals surface area contributed by atoms with Gasteiger partial charge in [-0.25, -0.2) is 0 Å². The number of benzene rings is 1. The molecule has 0 aliphatic rings. The fourth-order valence-corrected chi connectivity index (χ4v) is 2.37. The van der Waals surface area contributed by atoms with Gasteiger partial charge < -0.3 is 9.47 Å². The first-order valence-electron chi connectivity index (χ1n) is 7.86. The first kappa shape index (κ1) is 17.0. The van der Waals surface area contributed by atoms with Crippen molar-refractivity contribution in [2.75, 3.05) is 6.61 Å². The first-order valence-corrected chi connectivity index (χ1v) is 7.86. The highest BCUT2D eigenvalue weighted by Gasteiger charge is 2.17. The summed E-state index contributed by atoms with van der Waals surface area (Å²) in [4.78, 5) is 0. The normalized spacial score (nSPS) is 13.2. The summed E-state index contributed by atoms with van der Waals surface area (Å²) < 4.78 is 11.7. The van der Waals surface area contributed by atoms with Gasteiger partial charge in [0.05, 0.1) is 11.7 Å². The van der Waals surface area contributed by atoms with E-state index in [1.807, 2.05) is 6.92 Å². The van der Waals surface area contributed by atoms with Crippen LogP contribution in [0.3, 0.4) is 0 Å². The van der Waals surface area contributed by atoms with Crippen LogP contribution in [0.2, 0.25) is 0 Å². The summed E-state index contributed by atoms with van der Waals surface area (Å²) in [7, 11) is 0. The van der Waals surface area contributed by atoms with Gasteiger partial charge in [0.1, 0.15) is 5.75 Å². The van der Waals surface area contributed by atoms with Gasteiger partial charge in [0.15, 0.2) is 0 Å². The quantitative estimate of drug-likeness (QED) is 0.632. The topological polar surface area (TPSA) is 18.5 Å². The molecule has 1 aromatic rings. The van der Waals surface area contributed by atoms with Gasteiger partial charge in [-0.1, -0.05) is 19.1 Å². The Morgan fingerprint density at radius 3 is 2.30 bits per heavy atom. The van der Waals surface area contributed by atoms with E-state index in [9.17, 15) is 0 Å². The summed E-state index contributed by atoms with van der Waals surface area (Å²) in [6.45, 7) is 11.5. The summed E-state index contributed by atoms with van der Waals surface area (Å²) in [6.07, 6.45) is 4.58. The van der Waals surface area contributed by atoms with Crippen LogP contribution in [0.15, 0.2) is 24.3 Å². The van der Waals surface area contributed by atoms with E-state index in [1.54, 1.807) is 0 Å². The summed E-state index contributed by atoms with van der Waals surface area (Å²) in [5.41, 5.74) is 1.33. The maximum atomic E-state index is 5.95. The van der Waals surface area contributed by atoms with Crippen molar-refractivity contribution in [3.63, 3.8) is 0 Å². The van der Waals surface area contributed by atoms with E-state index in [0.717, 1.165) is 38.0 Å². The minimum Gasteiger partial charge on any atom is -0.491 e. The van der Waals surface area contributed by atoms with Crippen LogP contribution in [0.4, 0.5) is 0 Å². The molecule has 114 valence electrons. The van der Waals surface area contributed by atoms with Gasteiger partial charge in [0.2, 0.25) is 0 Å². The minimum atomic E-state index is -0.0166. The van der Waals surface area contributed by atoms with Crippen LogP contribution in [-0.4, -0.2) is 18.3 Å². The molecule has 0 fully saturated rings. The molecular weight excluding hydrogens is 248 g/mol. The predicted octanol–water partition coefficient (Wildman–Crippen LogP) is 5.00. The average molecular weight is 278 g/mol. The number of hydrogen-bond acceptors (Lipinski definition) is 2. The molecule has 1 aromatic carbocycles. The summed E-state index contributed by atoms with van der Waals surface area (Å²) in [5, 5.41) is 0. The van der Waals surface area contributed by atoms with Gasteiger partial charge in [-0.15, -0.1) is 0 Å². The lowest BCUT2D eigenvalue weighted by atomic mass is 10.00. The molecule has 2 nitrogen and oxygen atoms in total. The van der Waals surface area contributed by atoms with Crippen molar-refractivity contribution in [1.29, 1.82) is 0 Å². The monoisotopic (exact) mass is 278 g/mol. The first-order chi connectivity index (χ1) is 9.46. The van der Waals surface area contributed by atoms with E-state index in [1.165, 1.54) is 5.56 Å². The lowest BCUT2D eigenvalue weighted by Gasteiger charge is -2.25. The van der Waals surface area contributed by atoms with Crippen molar-refractivity contribution in [3.05, 3.63) is 29.8 Å². The molecule has 1 atom stereocenters. The van der Waals surface area contributed by atoms with Crippen molar-refractivity contribution in [2.24, 2.45) is 0 Å². The van der Waals surface area contributed by atoms with Gasteiger partial charge >= 0.3 is 0 Å². The van der Waals surface area contributed by atoms with E-state index < -0.39 is 0 Å². The largest absolute Gasteiger partial charge is 0.491 e. The van der Waals surface area contributed by atoms with Crippen molar-refractivity contribution in [3.8, 4) is 5.75 Å². The van der Waals surface area contributed by atoms with E-state index in [2.05, 4.69) is 52.0 Å². The van der Waals surface area contributed by atoms with Gasteiger partial charge in [0, 0.05) is 6.61 Å². The summed E-state index contributed by atoms with van der Waals surface area (Å²) in [6, 6.07) is 8.42. The maximum absolute atomic E-state index is 5.95. The molecule has 0 saturated heterocycles. The molecular formula is C18H30O2. The Kier molecular flexibility index (Phi) is 7.08. The minimum absolute atomic E-state index is 0.0166. The second-order valence-corrected chi connectivity index (χ2v) is 6.01. The fraction of sp³-hybridized carbons (Fsp3) is 0.667. The molecule has 0 N–H and O–H groups in total. The Hall–Kier alpha value is -1.02. The van der Waals surface area contributed by atoms with Gasteiger partial charge in [-0.05, 0) is 71.1 Å². The number of ether oxygens (including phenoxy) is 2. The average Bonchev–Trinajstić information content (AvgIpc) is 2.39. The molecule has 20 heavy (non-hydrogen) atoms. The van der Waals surface area contributed by atoms with Crippen LogP contribution in [0.1, 0.15) is 59.4 Å². The van der Waals surface area contributed by atoms with Crippen LogP contribution in [0.25, 0.3) is 0 Å². The molecule has 2 heteroatoms. The molecule has 0 amide bonds. The molecule has 1 unspecified atom stereocenters. The molecule has 0 aliphatic heterocycles. The van der Waals surface area contributed by atoms with Crippen LogP contribution in [0.5, 0.6) is 5.75 Å². The summed E-state index contributed by atoms with van der Waals surface area (Å²) in [5.74, 6) is 0.971. The predicted molar refractivity (Wildman–Crippen MR) is 85.5 cm³/mol. The van der Waals surface area contributed by atoms with Crippen molar-refractivity contribution in [2.45, 2.75) is 72.0 Å². The Morgan fingerprint density at radius 2 is 1.75 bits per heavy atom. The Labute approximate surface area is 124 Å². The van der Waals surface area contributed by atoms with Crippen molar-refractivity contribution in [1.82, 2.24) is 0 Å². The van der Waals surface area contributed by atoms with Gasteiger partial charge in [-0.3, -0.25) is 0 Å². The Morgan fingerprint density at radius 1 is 1.10 bits per heavy atom. The third-order valence-corrected chi connectivity index (χ3v) is 3.59. The highest BCUT2D eigenvalue weighted by Crippen LogP contribution is 2.20. The number of rotatable bonds is 9. The second kappa shape index (κ2) is 8.31. The standard InChI is InChI=1S/C18H30O2/c1-6-16-10-12-17(13-11-16)20-15(3)9-8-14-18(4,5)19-7-2/h10-13,15H,6-9,14H2,1-5H3. The lowest BCUT2D eigenvalue weighted by molar-refractivity contribution is -0.0190. The zero-order valence-electron chi connectivity index (χ0n) is 13.7. The molecule has 0 heterocycles. The molecule has 0 aromatic heterocycles. The van der Waals surface area contributed by atoms with Gasteiger partial charge in [0.25, 0.3) is 0 Å². The highest BCUT2D eigenvalue weighted by molar-refractivity contribution is 5.27. The molecule has 0 aliphatic carbocycles. The second-order valence-electron chi connectivity index (χ2n) is 6.01. The van der Waals surface area contributed by atoms with Crippen LogP contribution in [0, 0.1) is 0 Å². The smallest absolute Gasteiger partial charge is 0.119 e. The highest BCUT2D eigenvalue weighted by atomic mass is 16.5. The van der Waals surface area contributed by atoms with Crippen LogP contribution < -0.4 is 4.74 Å². The molecule has 0 spiro atoms. The SMILES string of the molecule is CCOC(C)(C)CCCC(C)Oc1ccc(CC)cc1. The third-order valence-electron chi connectivity index (χ3n) is 3.59. The van der Waals surface area contributed by atoms with E-state index in [0.29, 0.717) is 0 Å². The van der Waals surface area contributed by atoms with Gasteiger partial charge in [-0.2, -0.15) is 0 Å². The fourth-order valence-electron chi connectivity index (χ4n) is 2.37. The molecule has 0 radical (unpaired) electrons. The molecule has 0 bridgehead atoms. The molecule has 1 rings (SSSR count). The third kappa shape index (κ3) is 6.42. The van der Waals surface area contributed by atoms with E-state index in [-0.39, 0.29) is 11.7 Å². The van der Waals surface area contributed by atoms with Crippen LogP contribution >= 0.6 is 0 Å². The van der Waals surface area contributed by atoms with Crippen molar-refractivity contribution >= 4 is 0 Å². The van der Waals surface area contributed by atoms with Crippen molar-refractivity contribution < 1.29 is 9.47 Å². The summed E-state index contributed by atoms with van der Waals surface area (Å²) >= 11 is 0. The van der Waals surface area contributed by atoms with Crippen LogP contribution in [-0.2, 0) is 11.2 Å². The Bertz CT molecular complexity index is 368. The maximum Gasteiger partial charge on any atom is 0.119 e.